The third kappa shape index (κ3) is 3.68. The van der Waals surface area contributed by atoms with E-state index in [2.05, 4.69) is 27.8 Å². The zero-order chi connectivity index (χ0) is 13.0. The van der Waals surface area contributed by atoms with Crippen LogP contribution < -0.4 is 0 Å². The van der Waals surface area contributed by atoms with Crippen molar-refractivity contribution in [1.29, 1.82) is 0 Å². The Morgan fingerprint density at radius 2 is 2.29 bits per heavy atom. The minimum atomic E-state index is -0.0928. The number of pyridine rings is 1. The van der Waals surface area contributed by atoms with Gasteiger partial charge in [0.2, 0.25) is 0 Å². The Kier molecular flexibility index (Phi) is 5.40. The van der Waals surface area contributed by atoms with Crippen LogP contribution in [0.5, 0.6) is 0 Å². The first-order valence-corrected chi connectivity index (χ1v) is 6.72. The van der Waals surface area contributed by atoms with Gasteiger partial charge in [0.1, 0.15) is 5.15 Å². The van der Waals surface area contributed by atoms with E-state index in [1.807, 2.05) is 6.92 Å². The summed E-state index contributed by atoms with van der Waals surface area (Å²) in [6, 6.07) is 1.90. The maximum atomic E-state index is 12.2. The molecular formula is C12H16BrClN2O. The number of amides is 1. The van der Waals surface area contributed by atoms with Crippen LogP contribution in [0.15, 0.2) is 16.7 Å². The van der Waals surface area contributed by atoms with Gasteiger partial charge in [0.05, 0.1) is 5.56 Å². The lowest BCUT2D eigenvalue weighted by Crippen LogP contribution is -2.35. The van der Waals surface area contributed by atoms with E-state index in [0.29, 0.717) is 5.56 Å². The van der Waals surface area contributed by atoms with Crippen LogP contribution in [0.3, 0.4) is 0 Å². The third-order valence-electron chi connectivity index (χ3n) is 2.72. The molecule has 94 valence electrons. The fourth-order valence-electron chi connectivity index (χ4n) is 1.57. The lowest BCUT2D eigenvalue weighted by molar-refractivity contribution is 0.0736. The van der Waals surface area contributed by atoms with Crippen molar-refractivity contribution >= 4 is 33.4 Å². The van der Waals surface area contributed by atoms with Gasteiger partial charge in [-0.25, -0.2) is 4.98 Å². The molecule has 1 amide bonds. The number of carbonyl (C=O) groups excluding carboxylic acids is 1. The molecule has 0 aliphatic carbocycles. The molecule has 3 nitrogen and oxygen atoms in total. The Balaban J connectivity index is 2.92. The lowest BCUT2D eigenvalue weighted by Gasteiger charge is -2.24. The van der Waals surface area contributed by atoms with E-state index in [9.17, 15) is 4.79 Å². The average molecular weight is 320 g/mol. The van der Waals surface area contributed by atoms with Gasteiger partial charge in [-0.05, 0) is 35.3 Å². The molecular weight excluding hydrogens is 304 g/mol. The van der Waals surface area contributed by atoms with E-state index in [1.54, 1.807) is 24.2 Å². The molecule has 0 aliphatic heterocycles. The Bertz CT molecular complexity index is 411. The summed E-state index contributed by atoms with van der Waals surface area (Å²) >= 11 is 9.23. The van der Waals surface area contributed by atoms with E-state index < -0.39 is 0 Å². The standard InChI is InChI=1S/C12H16BrClN2O/c1-4-5-8(2)16(3)12(17)10-6-9(13)7-15-11(10)14/h6-8H,4-5H2,1-3H3. The quantitative estimate of drug-likeness (QED) is 0.792. The summed E-state index contributed by atoms with van der Waals surface area (Å²) in [5.74, 6) is -0.0928. The van der Waals surface area contributed by atoms with Crippen LogP contribution in [-0.2, 0) is 0 Å². The number of hydrogen-bond acceptors (Lipinski definition) is 2. The first-order valence-electron chi connectivity index (χ1n) is 5.55. The molecule has 1 aromatic heterocycles. The molecule has 17 heavy (non-hydrogen) atoms. The van der Waals surface area contributed by atoms with Gasteiger partial charge in [0, 0.05) is 23.8 Å². The van der Waals surface area contributed by atoms with E-state index in [0.717, 1.165) is 17.3 Å². The molecule has 1 heterocycles. The first-order chi connectivity index (χ1) is 7.97. The summed E-state index contributed by atoms with van der Waals surface area (Å²) in [7, 11) is 1.79. The molecule has 1 atom stereocenters. The summed E-state index contributed by atoms with van der Waals surface area (Å²) < 4.78 is 0.752. The van der Waals surface area contributed by atoms with Crippen molar-refractivity contribution in [2.45, 2.75) is 32.7 Å². The predicted octanol–water partition coefficient (Wildman–Crippen LogP) is 3.76. The molecule has 0 saturated carbocycles. The van der Waals surface area contributed by atoms with Gasteiger partial charge < -0.3 is 4.90 Å². The second-order valence-electron chi connectivity index (χ2n) is 4.05. The van der Waals surface area contributed by atoms with Gasteiger partial charge >= 0.3 is 0 Å². The Morgan fingerprint density at radius 3 is 2.88 bits per heavy atom. The zero-order valence-electron chi connectivity index (χ0n) is 10.2. The second-order valence-corrected chi connectivity index (χ2v) is 5.32. The highest BCUT2D eigenvalue weighted by atomic mass is 79.9. The van der Waals surface area contributed by atoms with Crippen LogP contribution in [0.4, 0.5) is 0 Å². The Hall–Kier alpha value is -0.610. The number of halogens is 2. The fourth-order valence-corrected chi connectivity index (χ4v) is 2.09. The second kappa shape index (κ2) is 6.36. The number of carbonyl (C=O) groups is 1. The summed E-state index contributed by atoms with van der Waals surface area (Å²) in [6.45, 7) is 4.13. The van der Waals surface area contributed by atoms with Crippen LogP contribution in [-0.4, -0.2) is 28.9 Å². The predicted molar refractivity (Wildman–Crippen MR) is 73.4 cm³/mol. The highest BCUT2D eigenvalue weighted by Gasteiger charge is 2.20. The van der Waals surface area contributed by atoms with Gasteiger partial charge in [-0.2, -0.15) is 0 Å². The number of nitrogens with zero attached hydrogens (tertiary/aromatic N) is 2. The minimum Gasteiger partial charge on any atom is -0.339 e. The lowest BCUT2D eigenvalue weighted by atomic mass is 10.1. The van der Waals surface area contributed by atoms with Crippen molar-refractivity contribution in [2.75, 3.05) is 7.05 Å². The fraction of sp³-hybridized carbons (Fsp3) is 0.500. The minimum absolute atomic E-state index is 0.0928. The highest BCUT2D eigenvalue weighted by Crippen LogP contribution is 2.20. The normalized spacial score (nSPS) is 12.3. The molecule has 0 radical (unpaired) electrons. The molecule has 1 aromatic rings. The molecule has 1 unspecified atom stereocenters. The molecule has 0 N–H and O–H groups in total. The van der Waals surface area contributed by atoms with Crippen molar-refractivity contribution in [3.8, 4) is 0 Å². The smallest absolute Gasteiger partial charge is 0.257 e. The summed E-state index contributed by atoms with van der Waals surface area (Å²) in [4.78, 5) is 17.9. The van der Waals surface area contributed by atoms with Crippen molar-refractivity contribution in [3.05, 3.63) is 27.5 Å². The van der Waals surface area contributed by atoms with Crippen molar-refractivity contribution in [1.82, 2.24) is 9.88 Å². The molecule has 0 bridgehead atoms. The molecule has 0 fully saturated rings. The van der Waals surface area contributed by atoms with Crippen molar-refractivity contribution in [2.24, 2.45) is 0 Å². The third-order valence-corrected chi connectivity index (χ3v) is 3.46. The van der Waals surface area contributed by atoms with Crippen LogP contribution in [0, 0.1) is 0 Å². The molecule has 5 heteroatoms. The number of hydrogen-bond donors (Lipinski definition) is 0. The molecule has 1 rings (SSSR count). The van der Waals surface area contributed by atoms with Crippen LogP contribution in [0.25, 0.3) is 0 Å². The highest BCUT2D eigenvalue weighted by molar-refractivity contribution is 9.10. The SMILES string of the molecule is CCCC(C)N(C)C(=O)c1cc(Br)cnc1Cl. The van der Waals surface area contributed by atoms with Gasteiger partial charge in [0.15, 0.2) is 0 Å². The zero-order valence-corrected chi connectivity index (χ0v) is 12.5. The van der Waals surface area contributed by atoms with Gasteiger partial charge in [0.25, 0.3) is 5.91 Å². The Morgan fingerprint density at radius 1 is 1.65 bits per heavy atom. The summed E-state index contributed by atoms with van der Waals surface area (Å²) in [6.07, 6.45) is 3.60. The molecule has 0 aliphatic rings. The van der Waals surface area contributed by atoms with Gasteiger partial charge in [-0.3, -0.25) is 4.79 Å². The monoisotopic (exact) mass is 318 g/mol. The maximum Gasteiger partial charge on any atom is 0.257 e. The first kappa shape index (κ1) is 14.5. The van der Waals surface area contributed by atoms with Crippen molar-refractivity contribution in [3.63, 3.8) is 0 Å². The summed E-state index contributed by atoms with van der Waals surface area (Å²) in [5, 5.41) is 0.244. The van der Waals surface area contributed by atoms with E-state index >= 15 is 0 Å². The Labute approximate surface area is 115 Å². The van der Waals surface area contributed by atoms with Gasteiger partial charge in [-0.1, -0.05) is 24.9 Å². The average Bonchev–Trinajstić information content (AvgIpc) is 2.30. The van der Waals surface area contributed by atoms with Crippen LogP contribution in [0.2, 0.25) is 5.15 Å². The van der Waals surface area contributed by atoms with Crippen LogP contribution in [0.1, 0.15) is 37.0 Å². The number of rotatable bonds is 4. The summed E-state index contributed by atoms with van der Waals surface area (Å²) in [5.41, 5.74) is 0.437. The van der Waals surface area contributed by atoms with Crippen molar-refractivity contribution < 1.29 is 4.79 Å². The largest absolute Gasteiger partial charge is 0.339 e. The van der Waals surface area contributed by atoms with E-state index in [1.165, 1.54) is 0 Å². The molecule has 0 saturated heterocycles. The molecule has 0 aromatic carbocycles. The maximum absolute atomic E-state index is 12.2. The van der Waals surface area contributed by atoms with E-state index in [-0.39, 0.29) is 17.1 Å². The van der Waals surface area contributed by atoms with E-state index in [4.69, 9.17) is 11.6 Å². The molecule has 0 spiro atoms. The number of aromatic nitrogens is 1. The van der Waals surface area contributed by atoms with Crippen LogP contribution >= 0.6 is 27.5 Å². The topological polar surface area (TPSA) is 33.2 Å². The van der Waals surface area contributed by atoms with Gasteiger partial charge in [-0.15, -0.1) is 0 Å².